The molecular weight excluding hydrogens is 153 g/mol. The largest absolute Gasteiger partial charge is 0.509 e. The number of hydrogen-bond acceptors (Lipinski definition) is 3. The molecule has 0 bridgehead atoms. The van der Waals surface area contributed by atoms with Crippen molar-refractivity contribution < 1.29 is 14.4 Å². The minimum atomic E-state index is -1.62. The summed E-state index contributed by atoms with van der Waals surface area (Å²) >= 11 is 0. The molecule has 1 N–H and O–H groups in total. The molecule has 1 aliphatic carbocycles. The van der Waals surface area contributed by atoms with Crippen LogP contribution >= 0.6 is 0 Å². The van der Waals surface area contributed by atoms with Gasteiger partial charge in [0.15, 0.2) is 6.17 Å². The van der Waals surface area contributed by atoms with Crippen LogP contribution in [0, 0.1) is 10.1 Å². The molecule has 0 radical (unpaired) electrons. The molecule has 60 valence electrons. The topological polar surface area (TPSA) is 63.4 Å². The highest BCUT2D eigenvalue weighted by Gasteiger charge is 2.24. The van der Waals surface area contributed by atoms with E-state index in [-0.39, 0.29) is 12.1 Å². The number of alkyl halides is 1. The molecule has 0 saturated carbocycles. The third kappa shape index (κ3) is 1.54. The second kappa shape index (κ2) is 2.69. The quantitative estimate of drug-likeness (QED) is 0.463. The zero-order valence-electron chi connectivity index (χ0n) is 5.53. The van der Waals surface area contributed by atoms with Gasteiger partial charge < -0.3 is 5.11 Å². The van der Waals surface area contributed by atoms with E-state index in [1.165, 1.54) is 0 Å². The predicted octanol–water partition coefficient (Wildman–Crippen LogP) is 1.33. The highest BCUT2D eigenvalue weighted by molar-refractivity contribution is 5.19. The summed E-state index contributed by atoms with van der Waals surface area (Å²) in [7, 11) is 0. The highest BCUT2D eigenvalue weighted by Crippen LogP contribution is 2.19. The fourth-order valence-electron chi connectivity index (χ4n) is 0.778. The van der Waals surface area contributed by atoms with Crippen LogP contribution in [0.3, 0.4) is 0 Å². The molecule has 0 spiro atoms. The Kier molecular flexibility index (Phi) is 1.89. The lowest BCUT2D eigenvalue weighted by molar-refractivity contribution is -0.429. The van der Waals surface area contributed by atoms with E-state index in [0.29, 0.717) is 0 Å². The molecule has 4 nitrogen and oxygen atoms in total. The van der Waals surface area contributed by atoms with E-state index in [2.05, 4.69) is 0 Å². The van der Waals surface area contributed by atoms with E-state index in [0.717, 1.165) is 12.2 Å². The number of hydrogen-bond donors (Lipinski definition) is 1. The zero-order valence-corrected chi connectivity index (χ0v) is 5.53. The third-order valence-corrected chi connectivity index (χ3v) is 1.39. The molecule has 1 atom stereocenters. The van der Waals surface area contributed by atoms with Gasteiger partial charge in [0.25, 0.3) is 0 Å². The Labute approximate surface area is 61.8 Å². The lowest BCUT2D eigenvalue weighted by atomic mass is 10.1. The van der Waals surface area contributed by atoms with Gasteiger partial charge in [-0.1, -0.05) is 0 Å². The average molecular weight is 159 g/mol. The Morgan fingerprint density at radius 3 is 2.82 bits per heavy atom. The smallest absolute Gasteiger partial charge is 0.249 e. The minimum Gasteiger partial charge on any atom is -0.509 e. The number of aliphatic hydroxyl groups excluding tert-OH is 1. The summed E-state index contributed by atoms with van der Waals surface area (Å²) in [4.78, 5) is 9.41. The number of allylic oxidation sites excluding steroid dienone is 4. The Morgan fingerprint density at radius 1 is 1.73 bits per heavy atom. The van der Waals surface area contributed by atoms with Crippen LogP contribution in [0.5, 0.6) is 0 Å². The molecule has 11 heavy (non-hydrogen) atoms. The Balaban J connectivity index is 2.82. The first kappa shape index (κ1) is 7.71. The average Bonchev–Trinajstić information content (AvgIpc) is 1.94. The second-order valence-electron chi connectivity index (χ2n) is 2.18. The van der Waals surface area contributed by atoms with E-state index in [9.17, 15) is 14.5 Å². The Bertz CT molecular complexity index is 246. The van der Waals surface area contributed by atoms with E-state index in [4.69, 9.17) is 5.11 Å². The van der Waals surface area contributed by atoms with Gasteiger partial charge in [0.05, 0.1) is 11.3 Å². The van der Waals surface area contributed by atoms with Gasteiger partial charge in [-0.3, -0.25) is 10.1 Å². The zero-order chi connectivity index (χ0) is 8.43. The number of nitro groups is 1. The summed E-state index contributed by atoms with van der Waals surface area (Å²) in [5, 5.41) is 18.8. The summed E-state index contributed by atoms with van der Waals surface area (Å²) in [6.45, 7) is 0. The lowest BCUT2D eigenvalue weighted by Crippen LogP contribution is -2.13. The van der Waals surface area contributed by atoms with Crippen molar-refractivity contribution >= 4 is 0 Å². The molecule has 0 fully saturated rings. The monoisotopic (exact) mass is 159 g/mol. The van der Waals surface area contributed by atoms with Crippen LogP contribution in [0.25, 0.3) is 0 Å². The van der Waals surface area contributed by atoms with E-state index in [1.54, 1.807) is 0 Å². The first-order chi connectivity index (χ1) is 5.11. The fourth-order valence-corrected chi connectivity index (χ4v) is 0.778. The molecule has 0 heterocycles. The first-order valence-corrected chi connectivity index (χ1v) is 2.99. The molecular formula is C6H6FNO3. The van der Waals surface area contributed by atoms with Crippen LogP contribution in [0.15, 0.2) is 23.6 Å². The van der Waals surface area contributed by atoms with Gasteiger partial charge in [0, 0.05) is 6.08 Å². The number of rotatable bonds is 1. The maximum Gasteiger partial charge on any atom is 0.249 e. The van der Waals surface area contributed by atoms with Crippen LogP contribution in [0.4, 0.5) is 4.39 Å². The van der Waals surface area contributed by atoms with Crippen molar-refractivity contribution in [2.24, 2.45) is 0 Å². The van der Waals surface area contributed by atoms with Gasteiger partial charge in [-0.25, -0.2) is 4.39 Å². The normalized spacial score (nSPS) is 23.9. The molecule has 0 aromatic rings. The predicted molar refractivity (Wildman–Crippen MR) is 35.3 cm³/mol. The van der Waals surface area contributed by atoms with Crippen molar-refractivity contribution in [3.05, 3.63) is 33.7 Å². The van der Waals surface area contributed by atoms with Crippen LogP contribution in [0.2, 0.25) is 0 Å². The Morgan fingerprint density at radius 2 is 2.36 bits per heavy atom. The van der Waals surface area contributed by atoms with E-state index in [1.807, 2.05) is 0 Å². The van der Waals surface area contributed by atoms with Crippen LogP contribution in [0.1, 0.15) is 6.42 Å². The van der Waals surface area contributed by atoms with Crippen LogP contribution in [-0.4, -0.2) is 16.2 Å². The van der Waals surface area contributed by atoms with E-state index >= 15 is 0 Å². The van der Waals surface area contributed by atoms with Crippen molar-refractivity contribution in [3.8, 4) is 0 Å². The maximum atomic E-state index is 12.5. The lowest BCUT2D eigenvalue weighted by Gasteiger charge is -2.08. The summed E-state index contributed by atoms with van der Waals surface area (Å²) < 4.78 is 12.5. The van der Waals surface area contributed by atoms with Gasteiger partial charge in [-0.2, -0.15) is 0 Å². The van der Waals surface area contributed by atoms with E-state index < -0.39 is 16.9 Å². The maximum absolute atomic E-state index is 12.5. The molecule has 1 aliphatic rings. The summed E-state index contributed by atoms with van der Waals surface area (Å²) in [6.07, 6.45) is 0.132. The fraction of sp³-hybridized carbons (Fsp3) is 0.333. The standard InChI is InChI=1S/C6H6FNO3/c7-5-3-4(8(10)11)1-2-6(5)9/h1-2,5,9H,3H2. The van der Waals surface area contributed by atoms with Gasteiger partial charge in [-0.05, 0) is 6.08 Å². The van der Waals surface area contributed by atoms with Crippen molar-refractivity contribution in [1.82, 2.24) is 0 Å². The molecule has 0 amide bonds. The van der Waals surface area contributed by atoms with Crippen LogP contribution < -0.4 is 0 Å². The molecule has 0 aromatic heterocycles. The third-order valence-electron chi connectivity index (χ3n) is 1.39. The highest BCUT2D eigenvalue weighted by atomic mass is 19.1. The number of aliphatic hydroxyl groups is 1. The van der Waals surface area contributed by atoms with Crippen molar-refractivity contribution in [2.45, 2.75) is 12.6 Å². The van der Waals surface area contributed by atoms with Gasteiger partial charge in [-0.15, -0.1) is 0 Å². The first-order valence-electron chi connectivity index (χ1n) is 2.99. The van der Waals surface area contributed by atoms with Crippen molar-refractivity contribution in [2.75, 3.05) is 0 Å². The molecule has 0 aliphatic heterocycles. The van der Waals surface area contributed by atoms with Gasteiger partial charge >= 0.3 is 0 Å². The summed E-state index contributed by atoms with van der Waals surface area (Å²) in [5.41, 5.74) is -0.213. The molecule has 1 unspecified atom stereocenters. The van der Waals surface area contributed by atoms with Gasteiger partial charge in [0.1, 0.15) is 5.76 Å². The molecule has 0 saturated heterocycles. The van der Waals surface area contributed by atoms with Gasteiger partial charge in [0.2, 0.25) is 5.70 Å². The van der Waals surface area contributed by atoms with Crippen LogP contribution in [-0.2, 0) is 0 Å². The summed E-state index contributed by atoms with van der Waals surface area (Å²) in [5.74, 6) is -0.449. The molecule has 0 aromatic carbocycles. The Hall–Kier alpha value is -1.39. The summed E-state index contributed by atoms with van der Waals surface area (Å²) in [6, 6.07) is 0. The minimum absolute atomic E-state index is 0.213. The van der Waals surface area contributed by atoms with Crippen molar-refractivity contribution in [3.63, 3.8) is 0 Å². The second-order valence-corrected chi connectivity index (χ2v) is 2.18. The molecule has 1 rings (SSSR count). The number of nitrogens with zero attached hydrogens (tertiary/aromatic N) is 1. The number of halogens is 1. The molecule has 5 heteroatoms. The SMILES string of the molecule is O=[N+]([O-])C1=CC=C(O)C(F)C1. The van der Waals surface area contributed by atoms with Crippen molar-refractivity contribution in [1.29, 1.82) is 0 Å².